The molecule has 2 aromatic carbocycles. The number of nitrogens with one attached hydrogen (secondary N) is 1. The van der Waals surface area contributed by atoms with Crippen LogP contribution in [0, 0.1) is 0 Å². The Morgan fingerprint density at radius 1 is 1.19 bits per heavy atom. The Labute approximate surface area is 153 Å². The summed E-state index contributed by atoms with van der Waals surface area (Å²) in [5.74, 6) is 0.796. The number of H-pyrrole nitrogens is 1. The number of hydrogen-bond acceptors (Lipinski definition) is 4. The molecule has 26 heavy (non-hydrogen) atoms. The predicted molar refractivity (Wildman–Crippen MR) is 108 cm³/mol. The van der Waals surface area contributed by atoms with Crippen molar-refractivity contribution in [3.8, 4) is 16.9 Å². The monoisotopic (exact) mass is 360 g/mol. The average molecular weight is 360 g/mol. The van der Waals surface area contributed by atoms with Crippen LogP contribution in [0.1, 0.15) is 11.1 Å². The number of methoxy groups -OCH3 is 1. The first kappa shape index (κ1) is 15.3. The predicted octanol–water partition coefficient (Wildman–Crippen LogP) is 4.39. The number of pyridine rings is 1. The summed E-state index contributed by atoms with van der Waals surface area (Å²) >= 11 is 1.46. The van der Waals surface area contributed by atoms with E-state index in [0.29, 0.717) is 0 Å². The maximum Gasteiger partial charge on any atom is 0.266 e. The molecular weight excluding hydrogens is 344 g/mol. The molecule has 3 heterocycles. The van der Waals surface area contributed by atoms with Crippen LogP contribution in [0.25, 0.3) is 32.1 Å². The number of hydrogen-bond donors (Lipinski definition) is 1. The zero-order valence-electron chi connectivity index (χ0n) is 14.2. The molecule has 0 amide bonds. The van der Waals surface area contributed by atoms with Crippen molar-refractivity contribution in [1.82, 2.24) is 4.98 Å². The lowest BCUT2D eigenvalue weighted by Gasteiger charge is -2.16. The molecule has 0 bridgehead atoms. The van der Waals surface area contributed by atoms with Gasteiger partial charge in [-0.05, 0) is 52.8 Å². The van der Waals surface area contributed by atoms with Gasteiger partial charge in [0.05, 0.1) is 7.11 Å². The molecule has 4 aromatic rings. The molecule has 0 saturated heterocycles. The summed E-state index contributed by atoms with van der Waals surface area (Å²) in [4.78, 5) is 19.8. The van der Waals surface area contributed by atoms with E-state index < -0.39 is 0 Å². The highest BCUT2D eigenvalue weighted by molar-refractivity contribution is 7.17. The van der Waals surface area contributed by atoms with E-state index in [2.05, 4.69) is 28.2 Å². The summed E-state index contributed by atoms with van der Waals surface area (Å²) in [6, 6.07) is 12.3. The Bertz CT molecular complexity index is 1250. The minimum atomic E-state index is -0.0452. The molecule has 0 aliphatic carbocycles. The van der Waals surface area contributed by atoms with Crippen molar-refractivity contribution in [1.29, 1.82) is 0 Å². The van der Waals surface area contributed by atoms with E-state index in [9.17, 15) is 4.79 Å². The van der Waals surface area contributed by atoms with Crippen LogP contribution in [-0.4, -0.2) is 24.9 Å². The zero-order valence-corrected chi connectivity index (χ0v) is 15.0. The lowest BCUT2D eigenvalue weighted by Crippen LogP contribution is -2.06. The van der Waals surface area contributed by atoms with E-state index in [1.165, 1.54) is 16.9 Å². The van der Waals surface area contributed by atoms with Gasteiger partial charge >= 0.3 is 0 Å². The summed E-state index contributed by atoms with van der Waals surface area (Å²) in [7, 11) is 1.68. The summed E-state index contributed by atoms with van der Waals surface area (Å²) < 4.78 is 6.43. The molecule has 2 aromatic heterocycles. The number of rotatable bonds is 2. The average Bonchev–Trinajstić information content (AvgIpc) is 3.17. The summed E-state index contributed by atoms with van der Waals surface area (Å²) in [5, 5.41) is 3.95. The van der Waals surface area contributed by atoms with Gasteiger partial charge in [0, 0.05) is 34.6 Å². The molecule has 0 unspecified atom stereocenters. The lowest BCUT2D eigenvalue weighted by atomic mass is 9.93. The Balaban J connectivity index is 1.91. The van der Waals surface area contributed by atoms with Gasteiger partial charge in [-0.15, -0.1) is 11.3 Å². The second-order valence-corrected chi connectivity index (χ2v) is 7.30. The van der Waals surface area contributed by atoms with Crippen LogP contribution < -0.4 is 10.3 Å². The van der Waals surface area contributed by atoms with Crippen LogP contribution in [-0.2, 0) is 6.42 Å². The van der Waals surface area contributed by atoms with Crippen molar-refractivity contribution in [2.45, 2.75) is 6.42 Å². The topological polar surface area (TPSA) is 54.5 Å². The fourth-order valence-electron chi connectivity index (χ4n) is 3.73. The molecule has 5 heteroatoms. The number of nitrogens with zero attached hydrogens (tertiary/aromatic N) is 1. The first-order chi connectivity index (χ1) is 12.8. The van der Waals surface area contributed by atoms with Crippen LogP contribution in [0.3, 0.4) is 0 Å². The molecule has 4 nitrogen and oxygen atoms in total. The maximum absolute atomic E-state index is 12.4. The molecule has 0 spiro atoms. The number of benzene rings is 2. The first-order valence-corrected chi connectivity index (χ1v) is 9.37. The Morgan fingerprint density at radius 2 is 2.12 bits per heavy atom. The summed E-state index contributed by atoms with van der Waals surface area (Å²) in [5.41, 5.74) is 5.32. The van der Waals surface area contributed by atoms with Gasteiger partial charge in [0.15, 0.2) is 0 Å². The van der Waals surface area contributed by atoms with Crippen LogP contribution in [0.2, 0.25) is 0 Å². The third-order valence-electron chi connectivity index (χ3n) is 4.95. The van der Waals surface area contributed by atoms with Crippen molar-refractivity contribution < 1.29 is 4.74 Å². The molecule has 1 aliphatic rings. The van der Waals surface area contributed by atoms with Gasteiger partial charge in [-0.2, -0.15) is 0 Å². The zero-order chi connectivity index (χ0) is 17.7. The maximum atomic E-state index is 12.4. The van der Waals surface area contributed by atoms with E-state index in [4.69, 9.17) is 4.74 Å². The smallest absolute Gasteiger partial charge is 0.266 e. The van der Waals surface area contributed by atoms with E-state index in [0.717, 1.165) is 56.4 Å². The molecule has 1 aliphatic heterocycles. The standard InChI is InChI=1S/C21H16N2O2S/c1-25-17-5-4-16-19(15-7-9-26-20(15)21(24)23-16)18(17)13-3-2-12-6-8-22-11-14(12)10-13/h2-5,7,9-11H,6,8H2,1H3,(H,23,24). The van der Waals surface area contributed by atoms with Crippen LogP contribution in [0.5, 0.6) is 5.75 Å². The SMILES string of the molecule is COc1ccc2[nH]c(=O)c3sccc3c2c1-c1ccc2c(c1)C=NCC2. The lowest BCUT2D eigenvalue weighted by molar-refractivity contribution is 0.417. The Kier molecular flexibility index (Phi) is 3.43. The summed E-state index contributed by atoms with van der Waals surface area (Å²) in [6.07, 6.45) is 2.92. The van der Waals surface area contributed by atoms with Gasteiger partial charge < -0.3 is 9.72 Å². The number of aliphatic imine (C=N–C) groups is 1. The van der Waals surface area contributed by atoms with E-state index in [1.54, 1.807) is 7.11 Å². The number of fused-ring (bicyclic) bond motifs is 4. The fraction of sp³-hybridized carbons (Fsp3) is 0.143. The van der Waals surface area contributed by atoms with Crippen LogP contribution >= 0.6 is 11.3 Å². The normalized spacial score (nSPS) is 13.3. The largest absolute Gasteiger partial charge is 0.496 e. The second kappa shape index (κ2) is 5.81. The number of aromatic nitrogens is 1. The van der Waals surface area contributed by atoms with Gasteiger partial charge in [0.25, 0.3) is 5.56 Å². The quantitative estimate of drug-likeness (QED) is 0.576. The van der Waals surface area contributed by atoms with Gasteiger partial charge in [-0.25, -0.2) is 0 Å². The first-order valence-electron chi connectivity index (χ1n) is 8.49. The second-order valence-electron chi connectivity index (χ2n) is 6.38. The van der Waals surface area contributed by atoms with Crippen molar-refractivity contribution in [2.75, 3.05) is 13.7 Å². The molecule has 128 valence electrons. The minimum Gasteiger partial charge on any atom is -0.496 e. The highest BCUT2D eigenvalue weighted by atomic mass is 32.1. The fourth-order valence-corrected chi connectivity index (χ4v) is 4.53. The summed E-state index contributed by atoms with van der Waals surface area (Å²) in [6.45, 7) is 0.848. The minimum absolute atomic E-state index is 0.0452. The van der Waals surface area contributed by atoms with Crippen LogP contribution in [0.15, 0.2) is 51.6 Å². The highest BCUT2D eigenvalue weighted by Crippen LogP contribution is 2.40. The van der Waals surface area contributed by atoms with Crippen molar-refractivity contribution in [2.24, 2.45) is 4.99 Å². The van der Waals surface area contributed by atoms with E-state index >= 15 is 0 Å². The van der Waals surface area contributed by atoms with Gasteiger partial charge in [0.2, 0.25) is 0 Å². The molecule has 5 rings (SSSR count). The van der Waals surface area contributed by atoms with E-state index in [1.807, 2.05) is 29.8 Å². The number of ether oxygens (including phenoxy) is 1. The molecule has 0 radical (unpaired) electrons. The highest BCUT2D eigenvalue weighted by Gasteiger charge is 2.17. The van der Waals surface area contributed by atoms with Gasteiger partial charge in [0.1, 0.15) is 10.4 Å². The van der Waals surface area contributed by atoms with Crippen LogP contribution in [0.4, 0.5) is 0 Å². The van der Waals surface area contributed by atoms with E-state index in [-0.39, 0.29) is 5.56 Å². The number of aromatic amines is 1. The molecule has 0 fully saturated rings. The third kappa shape index (κ3) is 2.21. The third-order valence-corrected chi connectivity index (χ3v) is 5.86. The van der Waals surface area contributed by atoms with Crippen molar-refractivity contribution >= 4 is 38.5 Å². The van der Waals surface area contributed by atoms with Crippen molar-refractivity contribution in [3.05, 3.63) is 63.3 Å². The molecule has 0 saturated carbocycles. The van der Waals surface area contributed by atoms with Crippen molar-refractivity contribution in [3.63, 3.8) is 0 Å². The Hall–Kier alpha value is -2.92. The molecule has 0 atom stereocenters. The van der Waals surface area contributed by atoms with Gasteiger partial charge in [-0.1, -0.05) is 12.1 Å². The molecular formula is C21H16N2O2S. The van der Waals surface area contributed by atoms with Gasteiger partial charge in [-0.3, -0.25) is 9.79 Å². The number of thiophene rings is 1. The Morgan fingerprint density at radius 3 is 3.00 bits per heavy atom. The molecule has 1 N–H and O–H groups in total.